The Bertz CT molecular complexity index is 365. The van der Waals surface area contributed by atoms with Crippen molar-refractivity contribution in [2.45, 2.75) is 19.3 Å². The minimum Gasteiger partial charge on any atom is -0.341 e. The second-order valence-electron chi connectivity index (χ2n) is 4.62. The fraction of sp³-hybridized carbons (Fsp3) is 0.500. The fourth-order valence-corrected chi connectivity index (χ4v) is 1.99. The van der Waals surface area contributed by atoms with Crippen molar-refractivity contribution in [3.63, 3.8) is 0 Å². The van der Waals surface area contributed by atoms with E-state index in [9.17, 15) is 4.79 Å². The summed E-state index contributed by atoms with van der Waals surface area (Å²) in [7, 11) is 0. The van der Waals surface area contributed by atoms with Gasteiger partial charge in [0.15, 0.2) is 0 Å². The molecule has 0 bridgehead atoms. The lowest BCUT2D eigenvalue weighted by Gasteiger charge is -2.22. The highest BCUT2D eigenvalue weighted by atomic mass is 35.5. The molecule has 0 atom stereocenters. The molecule has 100 valence electrons. The third kappa shape index (κ3) is 4.31. The Morgan fingerprint density at radius 1 is 1.22 bits per heavy atom. The Morgan fingerprint density at radius 3 is 2.44 bits per heavy atom. The zero-order valence-electron chi connectivity index (χ0n) is 10.5. The molecule has 1 saturated carbocycles. The van der Waals surface area contributed by atoms with E-state index in [0.717, 1.165) is 25.8 Å². The second-order valence-corrected chi connectivity index (χ2v) is 4.62. The average Bonchev–Trinajstić information content (AvgIpc) is 3.19. The van der Waals surface area contributed by atoms with Crippen LogP contribution in [0.5, 0.6) is 0 Å². The van der Waals surface area contributed by atoms with Crippen molar-refractivity contribution in [1.82, 2.24) is 4.90 Å². The van der Waals surface area contributed by atoms with Crippen LogP contribution in [0.3, 0.4) is 0 Å². The van der Waals surface area contributed by atoms with Crippen LogP contribution in [0, 0.1) is 5.92 Å². The molecule has 4 heteroatoms. The van der Waals surface area contributed by atoms with Crippen LogP contribution in [0.25, 0.3) is 0 Å². The quantitative estimate of drug-likeness (QED) is 0.856. The van der Waals surface area contributed by atoms with Crippen molar-refractivity contribution in [2.75, 3.05) is 19.6 Å². The largest absolute Gasteiger partial charge is 0.341 e. The van der Waals surface area contributed by atoms with Crippen molar-refractivity contribution in [3.8, 4) is 0 Å². The van der Waals surface area contributed by atoms with E-state index >= 15 is 0 Å². The van der Waals surface area contributed by atoms with Gasteiger partial charge < -0.3 is 10.6 Å². The summed E-state index contributed by atoms with van der Waals surface area (Å²) < 4.78 is 0. The number of hydrogen-bond acceptors (Lipinski definition) is 2. The van der Waals surface area contributed by atoms with Crippen LogP contribution < -0.4 is 5.73 Å². The zero-order chi connectivity index (χ0) is 12.1. The molecule has 1 aliphatic carbocycles. The molecular formula is C14H21ClN2O. The van der Waals surface area contributed by atoms with Gasteiger partial charge in [-0.3, -0.25) is 4.79 Å². The van der Waals surface area contributed by atoms with Gasteiger partial charge in [-0.05, 0) is 24.8 Å². The van der Waals surface area contributed by atoms with Crippen LogP contribution in [-0.2, 0) is 11.2 Å². The Labute approximate surface area is 115 Å². The van der Waals surface area contributed by atoms with Crippen LogP contribution in [0.15, 0.2) is 30.3 Å². The SMILES string of the molecule is Cl.NCCN(CCc1ccccc1)C(=O)C1CC1. The summed E-state index contributed by atoms with van der Waals surface area (Å²) in [5, 5.41) is 0. The van der Waals surface area contributed by atoms with Crippen LogP contribution in [0.4, 0.5) is 0 Å². The molecular weight excluding hydrogens is 248 g/mol. The van der Waals surface area contributed by atoms with Crippen molar-refractivity contribution < 1.29 is 4.79 Å². The van der Waals surface area contributed by atoms with Gasteiger partial charge in [0.2, 0.25) is 5.91 Å². The predicted octanol–water partition coefficient (Wildman–Crippen LogP) is 1.85. The molecule has 0 radical (unpaired) electrons. The third-order valence-electron chi connectivity index (χ3n) is 3.15. The number of nitrogens with two attached hydrogens (primary N) is 1. The van der Waals surface area contributed by atoms with Crippen molar-refractivity contribution in [3.05, 3.63) is 35.9 Å². The Kier molecular flexibility index (Phi) is 6.16. The Balaban J connectivity index is 0.00000162. The highest BCUT2D eigenvalue weighted by Crippen LogP contribution is 2.30. The minimum atomic E-state index is 0. The normalized spacial score (nSPS) is 13.8. The molecule has 1 aromatic carbocycles. The first-order chi connectivity index (χ1) is 8.31. The molecule has 0 saturated heterocycles. The molecule has 0 spiro atoms. The standard InChI is InChI=1S/C14H20N2O.ClH/c15-9-11-16(14(17)13-6-7-13)10-8-12-4-2-1-3-5-12;/h1-5,13H,6-11,15H2;1H. The van der Waals surface area contributed by atoms with Gasteiger partial charge in [-0.15, -0.1) is 12.4 Å². The van der Waals surface area contributed by atoms with Gasteiger partial charge in [-0.25, -0.2) is 0 Å². The number of rotatable bonds is 6. The van der Waals surface area contributed by atoms with Crippen molar-refractivity contribution in [1.29, 1.82) is 0 Å². The van der Waals surface area contributed by atoms with E-state index in [1.54, 1.807) is 0 Å². The van der Waals surface area contributed by atoms with Gasteiger partial charge >= 0.3 is 0 Å². The molecule has 1 fully saturated rings. The average molecular weight is 269 g/mol. The van der Waals surface area contributed by atoms with E-state index < -0.39 is 0 Å². The lowest BCUT2D eigenvalue weighted by Crippen LogP contribution is -2.37. The van der Waals surface area contributed by atoms with Gasteiger partial charge in [0, 0.05) is 25.6 Å². The van der Waals surface area contributed by atoms with E-state index in [1.807, 2.05) is 23.1 Å². The van der Waals surface area contributed by atoms with Crippen molar-refractivity contribution >= 4 is 18.3 Å². The number of carbonyl (C=O) groups excluding carboxylic acids is 1. The Hall–Kier alpha value is -1.06. The predicted molar refractivity (Wildman–Crippen MR) is 75.8 cm³/mol. The topological polar surface area (TPSA) is 46.3 Å². The highest BCUT2D eigenvalue weighted by Gasteiger charge is 2.32. The van der Waals surface area contributed by atoms with Crippen molar-refractivity contribution in [2.24, 2.45) is 11.7 Å². The number of amides is 1. The monoisotopic (exact) mass is 268 g/mol. The number of nitrogens with zero attached hydrogens (tertiary/aromatic N) is 1. The van der Waals surface area contributed by atoms with Crippen LogP contribution in [-0.4, -0.2) is 30.4 Å². The lowest BCUT2D eigenvalue weighted by atomic mass is 10.1. The molecule has 0 heterocycles. The van der Waals surface area contributed by atoms with Gasteiger partial charge in [-0.1, -0.05) is 30.3 Å². The minimum absolute atomic E-state index is 0. The summed E-state index contributed by atoms with van der Waals surface area (Å²) in [5.41, 5.74) is 6.84. The second kappa shape index (κ2) is 7.39. The van der Waals surface area contributed by atoms with Gasteiger partial charge in [0.25, 0.3) is 0 Å². The molecule has 1 aliphatic rings. The molecule has 1 amide bonds. The zero-order valence-corrected chi connectivity index (χ0v) is 11.4. The molecule has 2 N–H and O–H groups in total. The number of benzene rings is 1. The molecule has 0 aromatic heterocycles. The van der Waals surface area contributed by atoms with E-state index in [-0.39, 0.29) is 18.3 Å². The van der Waals surface area contributed by atoms with Gasteiger partial charge in [0.1, 0.15) is 0 Å². The summed E-state index contributed by atoms with van der Waals surface area (Å²) in [5.74, 6) is 0.587. The number of halogens is 1. The number of carbonyl (C=O) groups is 1. The maximum atomic E-state index is 12.0. The highest BCUT2D eigenvalue weighted by molar-refractivity contribution is 5.85. The fourth-order valence-electron chi connectivity index (χ4n) is 1.99. The molecule has 18 heavy (non-hydrogen) atoms. The first-order valence-electron chi connectivity index (χ1n) is 6.34. The lowest BCUT2D eigenvalue weighted by molar-refractivity contribution is -0.132. The number of hydrogen-bond donors (Lipinski definition) is 1. The first-order valence-corrected chi connectivity index (χ1v) is 6.34. The first kappa shape index (κ1) is 15.0. The Morgan fingerprint density at radius 2 is 1.89 bits per heavy atom. The van der Waals surface area contributed by atoms with E-state index in [1.165, 1.54) is 5.56 Å². The smallest absolute Gasteiger partial charge is 0.225 e. The maximum absolute atomic E-state index is 12.0. The molecule has 0 aliphatic heterocycles. The molecule has 0 unspecified atom stereocenters. The van der Waals surface area contributed by atoms with E-state index in [0.29, 0.717) is 19.0 Å². The summed E-state index contributed by atoms with van der Waals surface area (Å²) in [4.78, 5) is 13.9. The van der Waals surface area contributed by atoms with E-state index in [4.69, 9.17) is 5.73 Å². The molecule has 3 nitrogen and oxygen atoms in total. The van der Waals surface area contributed by atoms with E-state index in [2.05, 4.69) is 12.1 Å². The van der Waals surface area contributed by atoms with Crippen LogP contribution in [0.2, 0.25) is 0 Å². The summed E-state index contributed by atoms with van der Waals surface area (Å²) in [6.45, 7) is 2.02. The third-order valence-corrected chi connectivity index (χ3v) is 3.15. The van der Waals surface area contributed by atoms with Crippen LogP contribution in [0.1, 0.15) is 18.4 Å². The van der Waals surface area contributed by atoms with Gasteiger partial charge in [0.05, 0.1) is 0 Å². The molecule has 2 rings (SSSR count). The molecule has 1 aromatic rings. The van der Waals surface area contributed by atoms with Crippen LogP contribution >= 0.6 is 12.4 Å². The maximum Gasteiger partial charge on any atom is 0.225 e. The summed E-state index contributed by atoms with van der Waals surface area (Å²) in [6.07, 6.45) is 3.04. The van der Waals surface area contributed by atoms with Gasteiger partial charge in [-0.2, -0.15) is 0 Å². The summed E-state index contributed by atoms with van der Waals surface area (Å²) >= 11 is 0. The summed E-state index contributed by atoms with van der Waals surface area (Å²) in [6, 6.07) is 10.3.